The molecule has 1 fully saturated rings. The minimum Gasteiger partial charge on any atom is -0.338 e. The zero-order valence-electron chi connectivity index (χ0n) is 9.62. The number of nitrogens with one attached hydrogen (secondary N) is 2. The Hall–Kier alpha value is -1.51. The molecule has 1 aliphatic rings. The Kier molecular flexibility index (Phi) is 3.44. The van der Waals surface area contributed by atoms with Gasteiger partial charge in [0.25, 0.3) is 0 Å². The summed E-state index contributed by atoms with van der Waals surface area (Å²) in [5, 5.41) is 5.74. The molecule has 3 nitrogen and oxygen atoms in total. The molecule has 0 spiro atoms. The predicted octanol–water partition coefficient (Wildman–Crippen LogP) is 2.92. The van der Waals surface area contributed by atoms with Gasteiger partial charge < -0.3 is 10.6 Å². The summed E-state index contributed by atoms with van der Waals surface area (Å²) in [6.45, 7) is 2.81. The first-order valence-electron chi connectivity index (χ1n) is 5.85. The van der Waals surface area contributed by atoms with Crippen LogP contribution in [0.3, 0.4) is 0 Å². The van der Waals surface area contributed by atoms with Crippen LogP contribution in [0.5, 0.6) is 0 Å². The van der Waals surface area contributed by atoms with E-state index in [1.54, 1.807) is 0 Å². The van der Waals surface area contributed by atoms with Crippen molar-refractivity contribution in [1.29, 1.82) is 0 Å². The first kappa shape index (κ1) is 11.0. The van der Waals surface area contributed by atoms with Crippen molar-refractivity contribution in [3.63, 3.8) is 0 Å². The Morgan fingerprint density at radius 2 is 2.25 bits per heavy atom. The summed E-state index contributed by atoms with van der Waals surface area (Å²) in [6.07, 6.45) is 3.82. The van der Waals surface area contributed by atoms with Crippen LogP contribution in [0.2, 0.25) is 0 Å². The SMILES string of the molecule is Cc1cccc(NC(=O)NCC2CCC2)c1. The molecule has 0 atom stereocenters. The highest BCUT2D eigenvalue weighted by atomic mass is 16.2. The van der Waals surface area contributed by atoms with Gasteiger partial charge in [-0.3, -0.25) is 0 Å². The molecule has 1 saturated carbocycles. The van der Waals surface area contributed by atoms with E-state index in [2.05, 4.69) is 10.6 Å². The molecule has 2 rings (SSSR count). The van der Waals surface area contributed by atoms with Crippen molar-refractivity contribution in [2.75, 3.05) is 11.9 Å². The standard InChI is InChI=1S/C13H18N2O/c1-10-4-2-7-12(8-10)15-13(16)14-9-11-5-3-6-11/h2,4,7-8,11H,3,5-6,9H2,1H3,(H2,14,15,16). The van der Waals surface area contributed by atoms with E-state index in [0.29, 0.717) is 5.92 Å². The van der Waals surface area contributed by atoms with Crippen molar-refractivity contribution in [3.8, 4) is 0 Å². The highest BCUT2D eigenvalue weighted by molar-refractivity contribution is 5.89. The number of carbonyl (C=O) groups is 1. The smallest absolute Gasteiger partial charge is 0.319 e. The minimum atomic E-state index is -0.0995. The topological polar surface area (TPSA) is 41.1 Å². The second-order valence-electron chi connectivity index (χ2n) is 4.50. The highest BCUT2D eigenvalue weighted by Gasteiger charge is 2.17. The zero-order valence-corrected chi connectivity index (χ0v) is 9.62. The van der Waals surface area contributed by atoms with Gasteiger partial charge in [-0.05, 0) is 43.4 Å². The van der Waals surface area contributed by atoms with Gasteiger partial charge >= 0.3 is 6.03 Å². The molecule has 86 valence electrons. The fourth-order valence-corrected chi connectivity index (χ4v) is 1.83. The lowest BCUT2D eigenvalue weighted by atomic mass is 9.85. The van der Waals surface area contributed by atoms with Gasteiger partial charge in [-0.1, -0.05) is 18.6 Å². The molecule has 16 heavy (non-hydrogen) atoms. The fourth-order valence-electron chi connectivity index (χ4n) is 1.83. The van der Waals surface area contributed by atoms with Crippen molar-refractivity contribution in [2.24, 2.45) is 5.92 Å². The largest absolute Gasteiger partial charge is 0.338 e. The number of benzene rings is 1. The van der Waals surface area contributed by atoms with Gasteiger partial charge in [-0.2, -0.15) is 0 Å². The molecule has 0 heterocycles. The summed E-state index contributed by atoms with van der Waals surface area (Å²) in [5.74, 6) is 0.697. The van der Waals surface area contributed by atoms with Gasteiger partial charge in [-0.15, -0.1) is 0 Å². The maximum absolute atomic E-state index is 11.5. The van der Waals surface area contributed by atoms with Crippen LogP contribution in [0.25, 0.3) is 0 Å². The number of hydrogen-bond donors (Lipinski definition) is 2. The lowest BCUT2D eigenvalue weighted by molar-refractivity contribution is 0.243. The molecule has 2 amide bonds. The molecule has 1 aliphatic carbocycles. The normalized spacial score (nSPS) is 15.3. The first-order valence-corrected chi connectivity index (χ1v) is 5.85. The van der Waals surface area contributed by atoms with Crippen molar-refractivity contribution < 1.29 is 4.79 Å². The molecule has 3 heteroatoms. The van der Waals surface area contributed by atoms with Crippen LogP contribution in [0, 0.1) is 12.8 Å². The van der Waals surface area contributed by atoms with E-state index in [4.69, 9.17) is 0 Å². The summed E-state index contributed by atoms with van der Waals surface area (Å²) >= 11 is 0. The van der Waals surface area contributed by atoms with Crippen LogP contribution in [0.4, 0.5) is 10.5 Å². The first-order chi connectivity index (χ1) is 7.74. The number of urea groups is 1. The number of amides is 2. The molecular weight excluding hydrogens is 200 g/mol. The molecule has 0 aromatic heterocycles. The lowest BCUT2D eigenvalue weighted by Crippen LogP contribution is -2.35. The molecule has 0 radical (unpaired) electrons. The molecule has 1 aromatic carbocycles. The quantitative estimate of drug-likeness (QED) is 0.804. The third-order valence-electron chi connectivity index (χ3n) is 3.05. The second kappa shape index (κ2) is 5.01. The van der Waals surface area contributed by atoms with Crippen molar-refractivity contribution in [3.05, 3.63) is 29.8 Å². The highest BCUT2D eigenvalue weighted by Crippen LogP contribution is 2.25. The van der Waals surface area contributed by atoms with Gasteiger partial charge in [0.05, 0.1) is 0 Å². The lowest BCUT2D eigenvalue weighted by Gasteiger charge is -2.25. The summed E-state index contributed by atoms with van der Waals surface area (Å²) in [6, 6.07) is 7.71. The number of anilines is 1. The van der Waals surface area contributed by atoms with E-state index >= 15 is 0 Å². The Labute approximate surface area is 96.2 Å². The van der Waals surface area contributed by atoms with Gasteiger partial charge in [0.1, 0.15) is 0 Å². The number of hydrogen-bond acceptors (Lipinski definition) is 1. The third kappa shape index (κ3) is 2.99. The Balaban J connectivity index is 1.77. The van der Waals surface area contributed by atoms with Crippen LogP contribution < -0.4 is 10.6 Å². The Bertz CT molecular complexity index is 372. The van der Waals surface area contributed by atoms with Crippen LogP contribution >= 0.6 is 0 Å². The maximum Gasteiger partial charge on any atom is 0.319 e. The zero-order chi connectivity index (χ0) is 11.4. The van der Waals surface area contributed by atoms with Crippen LogP contribution in [0.15, 0.2) is 24.3 Å². The van der Waals surface area contributed by atoms with Gasteiger partial charge in [0, 0.05) is 12.2 Å². The number of rotatable bonds is 3. The average Bonchev–Trinajstić information content (AvgIpc) is 2.15. The molecule has 1 aromatic rings. The maximum atomic E-state index is 11.5. The van der Waals surface area contributed by atoms with Gasteiger partial charge in [0.2, 0.25) is 0 Å². The molecular formula is C13H18N2O. The van der Waals surface area contributed by atoms with Gasteiger partial charge in [-0.25, -0.2) is 4.79 Å². The molecule has 0 unspecified atom stereocenters. The summed E-state index contributed by atoms with van der Waals surface area (Å²) < 4.78 is 0. The van der Waals surface area contributed by atoms with Crippen LogP contribution in [-0.2, 0) is 0 Å². The van der Waals surface area contributed by atoms with E-state index in [1.807, 2.05) is 31.2 Å². The van der Waals surface area contributed by atoms with Gasteiger partial charge in [0.15, 0.2) is 0 Å². The average molecular weight is 218 g/mol. The number of carbonyl (C=O) groups excluding carboxylic acids is 1. The fraction of sp³-hybridized carbons (Fsp3) is 0.462. The molecule has 0 aliphatic heterocycles. The summed E-state index contributed by atoms with van der Waals surface area (Å²) in [5.41, 5.74) is 2.00. The van der Waals surface area contributed by atoms with E-state index in [0.717, 1.165) is 17.8 Å². The molecule has 0 bridgehead atoms. The van der Waals surface area contributed by atoms with Crippen LogP contribution in [-0.4, -0.2) is 12.6 Å². The Morgan fingerprint density at radius 3 is 2.88 bits per heavy atom. The molecule has 0 saturated heterocycles. The Morgan fingerprint density at radius 1 is 1.44 bits per heavy atom. The van der Waals surface area contributed by atoms with E-state index < -0.39 is 0 Å². The number of aryl methyl sites for hydroxylation is 1. The predicted molar refractivity (Wildman–Crippen MR) is 65.5 cm³/mol. The van der Waals surface area contributed by atoms with E-state index in [-0.39, 0.29) is 6.03 Å². The van der Waals surface area contributed by atoms with E-state index in [1.165, 1.54) is 19.3 Å². The van der Waals surface area contributed by atoms with E-state index in [9.17, 15) is 4.79 Å². The second-order valence-corrected chi connectivity index (χ2v) is 4.50. The minimum absolute atomic E-state index is 0.0995. The van der Waals surface area contributed by atoms with Crippen LogP contribution in [0.1, 0.15) is 24.8 Å². The summed E-state index contributed by atoms with van der Waals surface area (Å²) in [4.78, 5) is 11.5. The van der Waals surface area contributed by atoms with Crippen molar-refractivity contribution >= 4 is 11.7 Å². The van der Waals surface area contributed by atoms with Crippen molar-refractivity contribution in [2.45, 2.75) is 26.2 Å². The molecule has 2 N–H and O–H groups in total. The third-order valence-corrected chi connectivity index (χ3v) is 3.05. The monoisotopic (exact) mass is 218 g/mol. The summed E-state index contributed by atoms with van der Waals surface area (Å²) in [7, 11) is 0. The van der Waals surface area contributed by atoms with Crippen molar-refractivity contribution in [1.82, 2.24) is 5.32 Å².